The minimum absolute atomic E-state index is 0.0991. The third kappa shape index (κ3) is 6.90. The molecule has 0 saturated heterocycles. The number of rotatable bonds is 13. The zero-order valence-corrected chi connectivity index (χ0v) is 22.5. The Bertz CT molecular complexity index is 1480. The lowest BCUT2D eigenvalue weighted by molar-refractivity contribution is -0.144. The molecule has 0 radical (unpaired) electrons. The predicted octanol–water partition coefficient (Wildman–Crippen LogP) is 2.35. The van der Waals surface area contributed by atoms with Crippen molar-refractivity contribution in [3.05, 3.63) is 69.8 Å². The van der Waals surface area contributed by atoms with Crippen LogP contribution in [-0.4, -0.2) is 70.5 Å². The highest BCUT2D eigenvalue weighted by atomic mass is 16.5. The normalized spacial score (nSPS) is 11.1. The van der Waals surface area contributed by atoms with Crippen molar-refractivity contribution in [3.8, 4) is 17.2 Å². The number of nitrogens with one attached hydrogen (secondary N) is 1. The van der Waals surface area contributed by atoms with E-state index in [2.05, 4.69) is 25.4 Å². The van der Waals surface area contributed by atoms with Gasteiger partial charge in [0.05, 0.1) is 40.0 Å². The molecule has 0 aliphatic rings. The summed E-state index contributed by atoms with van der Waals surface area (Å²) in [6.45, 7) is 3.12. The van der Waals surface area contributed by atoms with Crippen LogP contribution in [0.1, 0.15) is 23.9 Å². The number of hydrogen-bond donors (Lipinski definition) is 1. The van der Waals surface area contributed by atoms with Gasteiger partial charge in [0.15, 0.2) is 17.3 Å². The Morgan fingerprint density at radius 3 is 2.56 bits per heavy atom. The lowest BCUT2D eigenvalue weighted by atomic mass is 10.1. The van der Waals surface area contributed by atoms with E-state index < -0.39 is 5.97 Å². The van der Waals surface area contributed by atoms with Gasteiger partial charge in [-0.2, -0.15) is 0 Å². The van der Waals surface area contributed by atoms with Crippen LogP contribution >= 0.6 is 0 Å². The fraction of sp³-hybridized carbons (Fsp3) is 0.370. The van der Waals surface area contributed by atoms with Gasteiger partial charge < -0.3 is 23.9 Å². The largest absolute Gasteiger partial charge is 0.497 e. The van der Waals surface area contributed by atoms with Crippen molar-refractivity contribution in [3.63, 3.8) is 0 Å². The smallest absolute Gasteiger partial charge is 0.327 e. The molecule has 0 aliphatic heterocycles. The van der Waals surface area contributed by atoms with Gasteiger partial charge in [0.2, 0.25) is 0 Å². The molecule has 39 heavy (non-hydrogen) atoms. The summed E-state index contributed by atoms with van der Waals surface area (Å²) < 4.78 is 22.5. The first-order valence-corrected chi connectivity index (χ1v) is 12.5. The summed E-state index contributed by atoms with van der Waals surface area (Å²) in [4.78, 5) is 30.1. The van der Waals surface area contributed by atoms with E-state index in [0.29, 0.717) is 60.2 Å². The summed E-state index contributed by atoms with van der Waals surface area (Å²) in [5, 5.41) is 12.7. The minimum Gasteiger partial charge on any atom is -0.497 e. The number of ether oxygens (including phenoxy) is 4. The highest BCUT2D eigenvalue weighted by Gasteiger charge is 2.18. The van der Waals surface area contributed by atoms with E-state index in [0.717, 1.165) is 10.9 Å². The van der Waals surface area contributed by atoms with Gasteiger partial charge in [0.1, 0.15) is 12.3 Å². The Hall–Kier alpha value is -4.45. The van der Waals surface area contributed by atoms with Gasteiger partial charge in [0, 0.05) is 24.7 Å². The zero-order chi connectivity index (χ0) is 27.8. The number of pyridine rings is 1. The second-order valence-electron chi connectivity index (χ2n) is 8.78. The highest BCUT2D eigenvalue weighted by Crippen LogP contribution is 2.28. The molecule has 12 nitrogen and oxygen atoms in total. The van der Waals surface area contributed by atoms with E-state index in [1.54, 1.807) is 34.3 Å². The number of carbonyl (C=O) groups is 1. The number of esters is 1. The molecule has 2 aromatic heterocycles. The first-order valence-electron chi connectivity index (χ1n) is 12.5. The summed E-state index contributed by atoms with van der Waals surface area (Å²) in [6, 6.07) is 13.2. The maximum atomic E-state index is 13.0. The molecule has 0 aliphatic carbocycles. The average molecular weight is 537 g/mol. The summed E-state index contributed by atoms with van der Waals surface area (Å²) in [5.74, 6) is 2.01. The molecule has 4 aromatic rings. The molecule has 0 amide bonds. The van der Waals surface area contributed by atoms with Crippen LogP contribution in [0.15, 0.2) is 47.3 Å². The molecule has 0 fully saturated rings. The zero-order valence-electron chi connectivity index (χ0n) is 22.5. The van der Waals surface area contributed by atoms with Crippen LogP contribution in [0.4, 0.5) is 0 Å². The molecular formula is C27H32N6O6. The monoisotopic (exact) mass is 536 g/mol. The van der Waals surface area contributed by atoms with Crippen molar-refractivity contribution in [2.75, 3.05) is 34.5 Å². The van der Waals surface area contributed by atoms with Crippen molar-refractivity contribution in [2.45, 2.75) is 33.0 Å². The van der Waals surface area contributed by atoms with Crippen molar-refractivity contribution >= 4 is 16.9 Å². The Balaban J connectivity index is 1.60. The standard InChI is InChI=1S/C27H32N6O6/c1-5-39-26(34)17-33-25(29-30-31-33)16-32(11-10-18-6-9-23(37-3)24(12-18)38-4)15-20-13-19-7-8-21(36-2)14-22(19)28-27(20)35/h6-9,12-14H,5,10-11,15-17H2,1-4H3,(H,28,35). The number of tetrazole rings is 1. The van der Waals surface area contributed by atoms with E-state index in [1.807, 2.05) is 36.4 Å². The minimum atomic E-state index is -0.427. The van der Waals surface area contributed by atoms with Gasteiger partial charge >= 0.3 is 5.97 Å². The molecule has 1 N–H and O–H groups in total. The van der Waals surface area contributed by atoms with E-state index >= 15 is 0 Å². The Morgan fingerprint density at radius 1 is 1.00 bits per heavy atom. The SMILES string of the molecule is CCOC(=O)Cn1nnnc1CN(CCc1ccc(OC)c(OC)c1)Cc1cc2ccc(OC)cc2[nH]c1=O. The molecule has 0 saturated carbocycles. The number of methoxy groups -OCH3 is 3. The van der Waals surface area contributed by atoms with Crippen LogP contribution in [-0.2, 0) is 35.6 Å². The first-order chi connectivity index (χ1) is 18.9. The first kappa shape index (κ1) is 27.6. The third-order valence-corrected chi connectivity index (χ3v) is 6.24. The Morgan fingerprint density at radius 2 is 1.82 bits per heavy atom. The molecule has 12 heteroatoms. The second-order valence-corrected chi connectivity index (χ2v) is 8.78. The molecule has 0 bridgehead atoms. The molecule has 0 atom stereocenters. The number of aromatic amines is 1. The fourth-order valence-corrected chi connectivity index (χ4v) is 4.24. The van der Waals surface area contributed by atoms with E-state index in [-0.39, 0.29) is 18.7 Å². The Kier molecular flexibility index (Phi) is 9.10. The quantitative estimate of drug-likeness (QED) is 0.254. The van der Waals surface area contributed by atoms with Gasteiger partial charge in [-0.05, 0) is 65.1 Å². The van der Waals surface area contributed by atoms with E-state index in [4.69, 9.17) is 18.9 Å². The molecule has 0 unspecified atom stereocenters. The molecule has 4 rings (SSSR count). The highest BCUT2D eigenvalue weighted by molar-refractivity contribution is 5.80. The number of H-pyrrole nitrogens is 1. The lowest BCUT2D eigenvalue weighted by Crippen LogP contribution is -2.30. The molecular weight excluding hydrogens is 504 g/mol. The number of fused-ring (bicyclic) bond motifs is 1. The van der Waals surface area contributed by atoms with Crippen LogP contribution in [0.2, 0.25) is 0 Å². The molecule has 0 spiro atoms. The van der Waals surface area contributed by atoms with Crippen LogP contribution in [0.5, 0.6) is 17.2 Å². The van der Waals surface area contributed by atoms with Gasteiger partial charge in [-0.15, -0.1) is 5.10 Å². The number of carbonyl (C=O) groups excluding carboxylic acids is 1. The van der Waals surface area contributed by atoms with Gasteiger partial charge in [-0.1, -0.05) is 6.07 Å². The van der Waals surface area contributed by atoms with Crippen molar-refractivity contribution in [1.29, 1.82) is 0 Å². The van der Waals surface area contributed by atoms with Crippen LogP contribution < -0.4 is 19.8 Å². The lowest BCUT2D eigenvalue weighted by Gasteiger charge is -2.22. The number of benzene rings is 2. The predicted molar refractivity (Wildman–Crippen MR) is 143 cm³/mol. The van der Waals surface area contributed by atoms with Gasteiger partial charge in [-0.3, -0.25) is 14.5 Å². The van der Waals surface area contributed by atoms with Crippen molar-refractivity contribution in [1.82, 2.24) is 30.1 Å². The summed E-state index contributed by atoms with van der Waals surface area (Å²) in [5.41, 5.74) is 2.11. The van der Waals surface area contributed by atoms with Crippen LogP contribution in [0.3, 0.4) is 0 Å². The van der Waals surface area contributed by atoms with Crippen molar-refractivity contribution in [2.24, 2.45) is 0 Å². The molecule has 206 valence electrons. The van der Waals surface area contributed by atoms with Crippen molar-refractivity contribution < 1.29 is 23.7 Å². The van der Waals surface area contributed by atoms with Crippen LogP contribution in [0, 0.1) is 0 Å². The molecule has 2 heterocycles. The maximum Gasteiger partial charge on any atom is 0.327 e. The second kappa shape index (κ2) is 12.9. The average Bonchev–Trinajstić information content (AvgIpc) is 3.37. The third-order valence-electron chi connectivity index (χ3n) is 6.24. The molecule has 2 aromatic carbocycles. The van der Waals surface area contributed by atoms with Crippen LogP contribution in [0.25, 0.3) is 10.9 Å². The number of hydrogen-bond acceptors (Lipinski definition) is 10. The number of aromatic nitrogens is 5. The fourth-order valence-electron chi connectivity index (χ4n) is 4.24. The summed E-state index contributed by atoms with van der Waals surface area (Å²) >= 11 is 0. The maximum absolute atomic E-state index is 13.0. The van der Waals surface area contributed by atoms with E-state index in [1.165, 1.54) is 4.68 Å². The number of nitrogens with zero attached hydrogens (tertiary/aromatic N) is 5. The van der Waals surface area contributed by atoms with Gasteiger partial charge in [0.25, 0.3) is 5.56 Å². The van der Waals surface area contributed by atoms with E-state index in [9.17, 15) is 9.59 Å². The summed E-state index contributed by atoms with van der Waals surface area (Å²) in [7, 11) is 4.77. The topological polar surface area (TPSA) is 134 Å². The van der Waals surface area contributed by atoms with Gasteiger partial charge in [-0.25, -0.2) is 4.68 Å². The summed E-state index contributed by atoms with van der Waals surface area (Å²) in [6.07, 6.45) is 0.655. The Labute approximate surface area is 225 Å².